The Kier molecular flexibility index (Phi) is 3.78. The van der Waals surface area contributed by atoms with Gasteiger partial charge in [-0.15, -0.1) is 0 Å². The third kappa shape index (κ3) is 3.77. The van der Waals surface area contributed by atoms with Crippen molar-refractivity contribution in [2.45, 2.75) is 20.3 Å². The normalized spacial score (nSPS) is 10.0. The zero-order chi connectivity index (χ0) is 7.28. The molecule has 0 saturated heterocycles. The van der Waals surface area contributed by atoms with E-state index in [4.69, 9.17) is 0 Å². The van der Waals surface area contributed by atoms with E-state index in [1.807, 2.05) is 13.0 Å². The molecule has 0 radical (unpaired) electrons. The van der Waals surface area contributed by atoms with Gasteiger partial charge in [-0.1, -0.05) is 37.8 Å². The Morgan fingerprint density at radius 1 is 1.44 bits per heavy atom. The van der Waals surface area contributed by atoms with E-state index in [0.717, 1.165) is 17.6 Å². The smallest absolute Gasteiger partial charge is 0.0308 e. The van der Waals surface area contributed by atoms with E-state index < -0.39 is 0 Å². The van der Waals surface area contributed by atoms with Gasteiger partial charge in [0.2, 0.25) is 0 Å². The summed E-state index contributed by atoms with van der Waals surface area (Å²) in [4.78, 5) is 0. The van der Waals surface area contributed by atoms with Crippen LogP contribution in [0.4, 0.5) is 0 Å². The van der Waals surface area contributed by atoms with Gasteiger partial charge < -0.3 is 0 Å². The molecule has 0 aromatic heterocycles. The minimum absolute atomic E-state index is 1.02. The molecule has 0 bridgehead atoms. The second-order valence-electron chi connectivity index (χ2n) is 2.12. The molecule has 0 aromatic carbocycles. The summed E-state index contributed by atoms with van der Waals surface area (Å²) in [5.74, 6) is 0. The van der Waals surface area contributed by atoms with Crippen molar-refractivity contribution in [3.8, 4) is 0 Å². The van der Waals surface area contributed by atoms with Crippen molar-refractivity contribution in [3.05, 3.63) is 36.5 Å². The van der Waals surface area contributed by atoms with Crippen LogP contribution in [0.25, 0.3) is 0 Å². The Bertz CT molecular complexity index is 138. The van der Waals surface area contributed by atoms with Gasteiger partial charge in [-0.2, -0.15) is 0 Å². The van der Waals surface area contributed by atoms with Gasteiger partial charge in [0, 0.05) is 0 Å². The lowest BCUT2D eigenvalue weighted by atomic mass is 10.1. The summed E-state index contributed by atoms with van der Waals surface area (Å²) >= 11 is 0. The minimum Gasteiger partial charge on any atom is -0.0955 e. The molecule has 0 heteroatoms. The predicted octanol–water partition coefficient (Wildman–Crippen LogP) is 3.08. The Hall–Kier alpha value is -0.780. The second kappa shape index (κ2) is 4.13. The molecular weight excluding hydrogens is 108 g/mol. The second-order valence-corrected chi connectivity index (χ2v) is 2.12. The van der Waals surface area contributed by atoms with Gasteiger partial charge >= 0.3 is 0 Å². The molecule has 0 heterocycles. The standard InChI is InChI=1S/C9H14/c1-5-6-7-9(4)8(2)3/h6-7H,2,4-5H2,1,3H3/b7-6-. The van der Waals surface area contributed by atoms with Gasteiger partial charge in [0.1, 0.15) is 0 Å². The molecule has 9 heavy (non-hydrogen) atoms. The van der Waals surface area contributed by atoms with Gasteiger partial charge in [0.05, 0.1) is 0 Å². The maximum Gasteiger partial charge on any atom is -0.0308 e. The van der Waals surface area contributed by atoms with Crippen LogP contribution < -0.4 is 0 Å². The van der Waals surface area contributed by atoms with Gasteiger partial charge in [-0.3, -0.25) is 0 Å². The summed E-state index contributed by atoms with van der Waals surface area (Å²) in [6.07, 6.45) is 5.14. The summed E-state index contributed by atoms with van der Waals surface area (Å²) in [7, 11) is 0. The number of hydrogen-bond donors (Lipinski definition) is 0. The van der Waals surface area contributed by atoms with Crippen molar-refractivity contribution in [1.29, 1.82) is 0 Å². The molecule has 0 N–H and O–H groups in total. The van der Waals surface area contributed by atoms with Crippen LogP contribution in [0.5, 0.6) is 0 Å². The largest absolute Gasteiger partial charge is 0.0955 e. The highest BCUT2D eigenvalue weighted by Gasteiger charge is 1.84. The van der Waals surface area contributed by atoms with Crippen molar-refractivity contribution in [2.24, 2.45) is 0 Å². The van der Waals surface area contributed by atoms with E-state index in [2.05, 4.69) is 26.2 Å². The average molecular weight is 122 g/mol. The predicted molar refractivity (Wildman–Crippen MR) is 43.4 cm³/mol. The SMILES string of the molecule is C=C(C)C(=C)/C=C\CC. The zero-order valence-electron chi connectivity index (χ0n) is 6.28. The molecule has 0 nitrogen and oxygen atoms in total. The highest BCUT2D eigenvalue weighted by molar-refractivity contribution is 5.33. The van der Waals surface area contributed by atoms with E-state index in [-0.39, 0.29) is 0 Å². The van der Waals surface area contributed by atoms with E-state index >= 15 is 0 Å². The molecule has 0 aliphatic heterocycles. The summed E-state index contributed by atoms with van der Waals surface area (Å²) in [5.41, 5.74) is 2.07. The van der Waals surface area contributed by atoms with Crippen molar-refractivity contribution in [1.82, 2.24) is 0 Å². The van der Waals surface area contributed by atoms with Crippen LogP contribution in [0.15, 0.2) is 36.5 Å². The molecule has 0 amide bonds. The average Bonchev–Trinajstić information content (AvgIpc) is 1.82. The molecule has 0 spiro atoms. The van der Waals surface area contributed by atoms with Crippen molar-refractivity contribution < 1.29 is 0 Å². The lowest BCUT2D eigenvalue weighted by Crippen LogP contribution is -1.73. The molecular formula is C9H14. The first-order chi connectivity index (χ1) is 4.18. The molecule has 0 fully saturated rings. The van der Waals surface area contributed by atoms with Crippen LogP contribution in [-0.4, -0.2) is 0 Å². The third-order valence-electron chi connectivity index (χ3n) is 1.10. The highest BCUT2D eigenvalue weighted by atomic mass is 13.9. The Labute approximate surface area is 57.6 Å². The molecule has 0 saturated carbocycles. The molecule has 0 aliphatic rings. The van der Waals surface area contributed by atoms with E-state index in [0.29, 0.717) is 0 Å². The minimum atomic E-state index is 1.02. The summed E-state index contributed by atoms with van der Waals surface area (Å²) in [6, 6.07) is 0. The summed E-state index contributed by atoms with van der Waals surface area (Å²) < 4.78 is 0. The monoisotopic (exact) mass is 122 g/mol. The Morgan fingerprint density at radius 2 is 2.00 bits per heavy atom. The van der Waals surface area contributed by atoms with Crippen molar-refractivity contribution in [2.75, 3.05) is 0 Å². The number of hydrogen-bond acceptors (Lipinski definition) is 0. The van der Waals surface area contributed by atoms with E-state index in [1.165, 1.54) is 0 Å². The zero-order valence-corrected chi connectivity index (χ0v) is 6.28. The lowest BCUT2D eigenvalue weighted by molar-refractivity contribution is 1.22. The maximum absolute atomic E-state index is 3.81. The maximum atomic E-state index is 3.81. The first-order valence-electron chi connectivity index (χ1n) is 3.19. The molecule has 0 atom stereocenters. The van der Waals surface area contributed by atoms with Crippen LogP contribution in [0.3, 0.4) is 0 Å². The van der Waals surface area contributed by atoms with Gasteiger partial charge in [0.25, 0.3) is 0 Å². The fraction of sp³-hybridized carbons (Fsp3) is 0.333. The molecule has 0 rings (SSSR count). The molecule has 0 unspecified atom stereocenters. The van der Waals surface area contributed by atoms with Crippen molar-refractivity contribution in [3.63, 3.8) is 0 Å². The van der Waals surface area contributed by atoms with Crippen LogP contribution >= 0.6 is 0 Å². The Morgan fingerprint density at radius 3 is 2.33 bits per heavy atom. The lowest BCUT2D eigenvalue weighted by Gasteiger charge is -1.93. The first kappa shape index (κ1) is 8.22. The molecule has 0 aromatic rings. The number of rotatable bonds is 3. The van der Waals surface area contributed by atoms with Crippen molar-refractivity contribution >= 4 is 0 Å². The van der Waals surface area contributed by atoms with Crippen LogP contribution in [0.1, 0.15) is 20.3 Å². The van der Waals surface area contributed by atoms with E-state index in [9.17, 15) is 0 Å². The van der Waals surface area contributed by atoms with Gasteiger partial charge in [-0.05, 0) is 18.9 Å². The van der Waals surface area contributed by atoms with Crippen LogP contribution in [0, 0.1) is 0 Å². The third-order valence-corrected chi connectivity index (χ3v) is 1.10. The van der Waals surface area contributed by atoms with Crippen LogP contribution in [-0.2, 0) is 0 Å². The molecule has 0 aliphatic carbocycles. The highest BCUT2D eigenvalue weighted by Crippen LogP contribution is 2.04. The van der Waals surface area contributed by atoms with E-state index in [1.54, 1.807) is 0 Å². The van der Waals surface area contributed by atoms with Gasteiger partial charge in [0.15, 0.2) is 0 Å². The molecule has 50 valence electrons. The van der Waals surface area contributed by atoms with Crippen LogP contribution in [0.2, 0.25) is 0 Å². The topological polar surface area (TPSA) is 0 Å². The Balaban J connectivity index is 3.77. The number of allylic oxidation sites excluding steroid dienone is 4. The summed E-state index contributed by atoms with van der Waals surface area (Å²) in [6.45, 7) is 11.6. The fourth-order valence-corrected chi connectivity index (χ4v) is 0.402. The first-order valence-corrected chi connectivity index (χ1v) is 3.19. The summed E-state index contributed by atoms with van der Waals surface area (Å²) in [5, 5.41) is 0. The quantitative estimate of drug-likeness (QED) is 0.504. The fourth-order valence-electron chi connectivity index (χ4n) is 0.402. The van der Waals surface area contributed by atoms with Gasteiger partial charge in [-0.25, -0.2) is 0 Å².